The summed E-state index contributed by atoms with van der Waals surface area (Å²) < 4.78 is 0. The molecule has 1 atom stereocenters. The molecule has 3 heteroatoms. The molecule has 0 aliphatic rings. The van der Waals surface area contributed by atoms with Crippen LogP contribution in [-0.2, 0) is 5.60 Å². The maximum atomic E-state index is 10.5. The van der Waals surface area contributed by atoms with Gasteiger partial charge < -0.3 is 10.4 Å². The van der Waals surface area contributed by atoms with Crippen LogP contribution in [0, 0.1) is 0 Å². The number of nitrogens with one attached hydrogen (secondary N) is 1. The predicted molar refractivity (Wildman–Crippen MR) is 69.9 cm³/mol. The zero-order valence-corrected chi connectivity index (χ0v) is 10.3. The summed E-state index contributed by atoms with van der Waals surface area (Å²) in [5, 5.41) is 15.8. The van der Waals surface area contributed by atoms with Crippen LogP contribution in [0.1, 0.15) is 19.4 Å². The molecule has 1 heterocycles. The van der Waals surface area contributed by atoms with Gasteiger partial charge in [-0.3, -0.25) is 4.98 Å². The van der Waals surface area contributed by atoms with Crippen LogP contribution >= 0.6 is 0 Å². The maximum absolute atomic E-state index is 10.5. The Bertz CT molecular complexity index is 503. The van der Waals surface area contributed by atoms with Crippen molar-refractivity contribution in [1.82, 2.24) is 10.3 Å². The average molecular weight is 230 g/mol. The van der Waals surface area contributed by atoms with Gasteiger partial charge in [-0.1, -0.05) is 31.2 Å². The number of aliphatic hydroxyl groups is 1. The Kier molecular flexibility index (Phi) is 3.41. The Balaban J connectivity index is 2.47. The highest BCUT2D eigenvalue weighted by atomic mass is 16.3. The molecule has 0 fully saturated rings. The van der Waals surface area contributed by atoms with E-state index in [1.54, 1.807) is 6.20 Å². The molecule has 0 amide bonds. The number of fused-ring (bicyclic) bond motifs is 1. The summed E-state index contributed by atoms with van der Waals surface area (Å²) in [6.45, 7) is 5.21. The third kappa shape index (κ3) is 2.46. The van der Waals surface area contributed by atoms with E-state index in [1.165, 1.54) is 0 Å². The third-order valence-electron chi connectivity index (χ3n) is 2.97. The summed E-state index contributed by atoms with van der Waals surface area (Å²) in [6, 6.07) is 7.99. The molecular weight excluding hydrogens is 212 g/mol. The summed E-state index contributed by atoms with van der Waals surface area (Å²) in [5.74, 6) is 0. The second-order valence-electron chi connectivity index (χ2n) is 4.46. The zero-order chi connectivity index (χ0) is 12.3. The van der Waals surface area contributed by atoms with Gasteiger partial charge in [-0.2, -0.15) is 0 Å². The second kappa shape index (κ2) is 4.82. The zero-order valence-electron chi connectivity index (χ0n) is 10.3. The normalized spacial score (nSPS) is 14.8. The molecule has 2 aromatic rings. The third-order valence-corrected chi connectivity index (χ3v) is 2.97. The molecule has 0 radical (unpaired) electrons. The largest absolute Gasteiger partial charge is 0.384 e. The molecule has 1 unspecified atom stereocenters. The fourth-order valence-electron chi connectivity index (χ4n) is 2.01. The van der Waals surface area contributed by atoms with Gasteiger partial charge in [-0.25, -0.2) is 0 Å². The number of pyridine rings is 1. The Morgan fingerprint density at radius 1 is 1.29 bits per heavy atom. The van der Waals surface area contributed by atoms with E-state index in [1.807, 2.05) is 44.3 Å². The van der Waals surface area contributed by atoms with E-state index in [-0.39, 0.29) is 0 Å². The topological polar surface area (TPSA) is 45.1 Å². The predicted octanol–water partition coefficient (Wildman–Crippen LogP) is 2.05. The minimum absolute atomic E-state index is 0.527. The number of aromatic nitrogens is 1. The molecule has 3 nitrogen and oxygen atoms in total. The van der Waals surface area contributed by atoms with Crippen molar-refractivity contribution < 1.29 is 5.11 Å². The number of benzene rings is 1. The molecule has 17 heavy (non-hydrogen) atoms. The van der Waals surface area contributed by atoms with Crippen LogP contribution in [-0.4, -0.2) is 23.2 Å². The summed E-state index contributed by atoms with van der Waals surface area (Å²) in [6.07, 6.45) is 3.57. The van der Waals surface area contributed by atoms with Crippen LogP contribution in [0.3, 0.4) is 0 Å². The van der Waals surface area contributed by atoms with Gasteiger partial charge in [0.15, 0.2) is 0 Å². The quantitative estimate of drug-likeness (QED) is 0.845. The van der Waals surface area contributed by atoms with Crippen molar-refractivity contribution in [3.8, 4) is 0 Å². The number of hydrogen-bond acceptors (Lipinski definition) is 3. The monoisotopic (exact) mass is 230 g/mol. The van der Waals surface area contributed by atoms with E-state index in [0.29, 0.717) is 6.54 Å². The van der Waals surface area contributed by atoms with Gasteiger partial charge in [0.25, 0.3) is 0 Å². The van der Waals surface area contributed by atoms with E-state index in [2.05, 4.69) is 10.3 Å². The van der Waals surface area contributed by atoms with Crippen LogP contribution in [0.25, 0.3) is 10.8 Å². The Hall–Kier alpha value is -1.45. The first kappa shape index (κ1) is 12.0. The lowest BCUT2D eigenvalue weighted by Crippen LogP contribution is -2.35. The Labute approximate surface area is 102 Å². The maximum Gasteiger partial charge on any atom is 0.101 e. The van der Waals surface area contributed by atoms with Crippen LogP contribution < -0.4 is 5.32 Å². The van der Waals surface area contributed by atoms with Crippen molar-refractivity contribution in [2.75, 3.05) is 13.1 Å². The standard InChI is InChI=1S/C14H18N2O/c1-3-15-10-14(2,17)13-9-16-8-11-6-4-5-7-12(11)13/h4-9,15,17H,3,10H2,1-2H3. The van der Waals surface area contributed by atoms with Crippen molar-refractivity contribution in [3.63, 3.8) is 0 Å². The SMILES string of the molecule is CCNCC(C)(O)c1cncc2ccccc12. The molecule has 90 valence electrons. The first-order valence-electron chi connectivity index (χ1n) is 5.91. The van der Waals surface area contributed by atoms with Gasteiger partial charge in [0.05, 0.1) is 0 Å². The van der Waals surface area contributed by atoms with Gasteiger partial charge >= 0.3 is 0 Å². The van der Waals surface area contributed by atoms with Crippen molar-refractivity contribution in [1.29, 1.82) is 0 Å². The molecule has 0 saturated heterocycles. The molecule has 0 aliphatic heterocycles. The van der Waals surface area contributed by atoms with Gasteiger partial charge in [0, 0.05) is 29.9 Å². The molecular formula is C14H18N2O. The van der Waals surface area contributed by atoms with Crippen molar-refractivity contribution in [3.05, 3.63) is 42.2 Å². The van der Waals surface area contributed by atoms with Crippen LogP contribution in [0.4, 0.5) is 0 Å². The molecule has 0 spiro atoms. The highest BCUT2D eigenvalue weighted by Gasteiger charge is 2.24. The minimum atomic E-state index is -0.899. The number of likely N-dealkylation sites (N-methyl/N-ethyl adjacent to an activating group) is 1. The first-order valence-corrected chi connectivity index (χ1v) is 5.91. The van der Waals surface area contributed by atoms with E-state index in [0.717, 1.165) is 22.9 Å². The Morgan fingerprint density at radius 3 is 2.82 bits per heavy atom. The lowest BCUT2D eigenvalue weighted by atomic mass is 9.93. The van der Waals surface area contributed by atoms with Gasteiger partial charge in [-0.05, 0) is 18.9 Å². The molecule has 1 aromatic heterocycles. The number of nitrogens with zero attached hydrogens (tertiary/aromatic N) is 1. The Morgan fingerprint density at radius 2 is 2.06 bits per heavy atom. The molecule has 0 aliphatic carbocycles. The van der Waals surface area contributed by atoms with E-state index in [4.69, 9.17) is 0 Å². The lowest BCUT2D eigenvalue weighted by Gasteiger charge is -2.25. The lowest BCUT2D eigenvalue weighted by molar-refractivity contribution is 0.0588. The summed E-state index contributed by atoms with van der Waals surface area (Å²) in [4.78, 5) is 4.20. The van der Waals surface area contributed by atoms with Crippen molar-refractivity contribution >= 4 is 10.8 Å². The van der Waals surface area contributed by atoms with Crippen LogP contribution in [0.2, 0.25) is 0 Å². The number of rotatable bonds is 4. The molecule has 2 N–H and O–H groups in total. The van der Waals surface area contributed by atoms with Crippen molar-refractivity contribution in [2.45, 2.75) is 19.4 Å². The van der Waals surface area contributed by atoms with Crippen molar-refractivity contribution in [2.24, 2.45) is 0 Å². The minimum Gasteiger partial charge on any atom is -0.384 e. The van der Waals surface area contributed by atoms with E-state index < -0.39 is 5.60 Å². The summed E-state index contributed by atoms with van der Waals surface area (Å²) >= 11 is 0. The summed E-state index contributed by atoms with van der Waals surface area (Å²) in [5.41, 5.74) is -0.0271. The number of hydrogen-bond donors (Lipinski definition) is 2. The molecule has 2 rings (SSSR count). The van der Waals surface area contributed by atoms with E-state index in [9.17, 15) is 5.11 Å². The molecule has 0 bridgehead atoms. The fraction of sp³-hybridized carbons (Fsp3) is 0.357. The first-order chi connectivity index (χ1) is 8.15. The fourth-order valence-corrected chi connectivity index (χ4v) is 2.01. The van der Waals surface area contributed by atoms with Gasteiger partial charge in [0.1, 0.15) is 5.60 Å². The summed E-state index contributed by atoms with van der Waals surface area (Å²) in [7, 11) is 0. The highest BCUT2D eigenvalue weighted by molar-refractivity contribution is 5.85. The average Bonchev–Trinajstić information content (AvgIpc) is 2.36. The van der Waals surface area contributed by atoms with Crippen LogP contribution in [0.5, 0.6) is 0 Å². The second-order valence-corrected chi connectivity index (χ2v) is 4.46. The van der Waals surface area contributed by atoms with Gasteiger partial charge in [0.2, 0.25) is 0 Å². The molecule has 0 saturated carbocycles. The highest BCUT2D eigenvalue weighted by Crippen LogP contribution is 2.27. The van der Waals surface area contributed by atoms with Gasteiger partial charge in [-0.15, -0.1) is 0 Å². The smallest absolute Gasteiger partial charge is 0.101 e. The molecule has 1 aromatic carbocycles. The van der Waals surface area contributed by atoms with E-state index >= 15 is 0 Å². The van der Waals surface area contributed by atoms with Crippen LogP contribution in [0.15, 0.2) is 36.7 Å².